The minimum absolute atomic E-state index is 0.0713. The third kappa shape index (κ3) is 5.92. The van der Waals surface area contributed by atoms with Crippen molar-refractivity contribution in [2.45, 2.75) is 30.6 Å². The van der Waals surface area contributed by atoms with E-state index in [9.17, 15) is 22.4 Å². The number of anilines is 1. The molecule has 1 aliphatic rings. The van der Waals surface area contributed by atoms with E-state index < -0.39 is 15.4 Å². The summed E-state index contributed by atoms with van der Waals surface area (Å²) in [4.78, 5) is 34.4. The maximum atomic E-state index is 13.4. The molecule has 212 valence electrons. The lowest BCUT2D eigenvalue weighted by Gasteiger charge is -2.31. The second kappa shape index (κ2) is 11.3. The van der Waals surface area contributed by atoms with Crippen LogP contribution in [0.15, 0.2) is 90.0 Å². The fourth-order valence-corrected chi connectivity index (χ4v) is 6.31. The Kier molecular flexibility index (Phi) is 7.77. The molecule has 1 aliphatic heterocycles. The van der Waals surface area contributed by atoms with E-state index in [-0.39, 0.29) is 22.5 Å². The molecule has 1 N–H and O–H groups in total. The van der Waals surface area contributed by atoms with Crippen LogP contribution in [0.4, 0.5) is 10.1 Å². The summed E-state index contributed by atoms with van der Waals surface area (Å²) in [5.74, 6) is -0.616. The van der Waals surface area contributed by atoms with Gasteiger partial charge in [-0.1, -0.05) is 30.3 Å². The minimum atomic E-state index is -3.91. The molecule has 1 saturated heterocycles. The number of carbonyl (C=O) groups excluding carboxylic acids is 2. The summed E-state index contributed by atoms with van der Waals surface area (Å²) in [7, 11) is -3.91. The third-order valence-corrected chi connectivity index (χ3v) is 8.85. The van der Waals surface area contributed by atoms with Gasteiger partial charge in [-0.15, -0.1) is 0 Å². The predicted molar refractivity (Wildman–Crippen MR) is 156 cm³/mol. The fraction of sp³-hybridized carbons (Fsp3) is 0.258. The van der Waals surface area contributed by atoms with Crippen LogP contribution in [-0.4, -0.2) is 61.2 Å². The fourth-order valence-electron chi connectivity index (χ4n) is 5.08. The van der Waals surface area contributed by atoms with Gasteiger partial charge in [0.05, 0.1) is 10.9 Å². The summed E-state index contributed by atoms with van der Waals surface area (Å²) in [6.45, 7) is 5.39. The average Bonchev–Trinajstić information content (AvgIpc) is 3.23. The van der Waals surface area contributed by atoms with Gasteiger partial charge in [0.25, 0.3) is 15.9 Å². The van der Waals surface area contributed by atoms with Gasteiger partial charge < -0.3 is 9.80 Å². The molecular weight excluding hydrogens is 543 g/mol. The van der Waals surface area contributed by atoms with E-state index in [2.05, 4.69) is 9.71 Å². The van der Waals surface area contributed by atoms with E-state index in [4.69, 9.17) is 0 Å². The number of hydrogen-bond acceptors (Lipinski definition) is 5. The number of halogens is 1. The van der Waals surface area contributed by atoms with Crippen molar-refractivity contribution < 1.29 is 22.4 Å². The van der Waals surface area contributed by atoms with Gasteiger partial charge in [-0.2, -0.15) is 0 Å². The number of aromatic nitrogens is 1. The molecule has 8 nitrogen and oxygen atoms in total. The highest BCUT2D eigenvalue weighted by Crippen LogP contribution is 2.27. The van der Waals surface area contributed by atoms with Crippen LogP contribution in [-0.2, 0) is 20.2 Å². The van der Waals surface area contributed by atoms with Crippen molar-refractivity contribution in [3.8, 4) is 0 Å². The normalized spacial score (nSPS) is 14.5. The molecule has 10 heteroatoms. The van der Waals surface area contributed by atoms with Gasteiger partial charge in [-0.25, -0.2) is 12.8 Å². The van der Waals surface area contributed by atoms with Crippen LogP contribution in [0.25, 0.3) is 10.9 Å². The zero-order valence-electron chi connectivity index (χ0n) is 22.9. The summed E-state index contributed by atoms with van der Waals surface area (Å²) in [5, 5.41) is 0.716. The number of fused-ring (bicyclic) bond motifs is 1. The van der Waals surface area contributed by atoms with Crippen molar-refractivity contribution in [3.63, 3.8) is 0 Å². The number of hydrogen-bond donors (Lipinski definition) is 1. The summed E-state index contributed by atoms with van der Waals surface area (Å²) in [6, 6.07) is 20.8. The SMILES string of the molecule is CC(C)(C(=O)N1CCCN(C(=O)c2ccc(NS(=O)(=O)c3cccc4cccnc34)cc2)CC1)c1ccc(F)cc1. The smallest absolute Gasteiger partial charge is 0.264 e. The molecule has 1 aromatic heterocycles. The number of rotatable bonds is 6. The van der Waals surface area contributed by atoms with Gasteiger partial charge in [0.2, 0.25) is 5.91 Å². The first kappa shape index (κ1) is 28.2. The zero-order valence-corrected chi connectivity index (χ0v) is 23.7. The molecule has 0 spiro atoms. The number of nitrogens with zero attached hydrogens (tertiary/aromatic N) is 3. The van der Waals surface area contributed by atoms with E-state index in [0.717, 1.165) is 5.56 Å². The Hall–Kier alpha value is -4.31. The quantitative estimate of drug-likeness (QED) is 0.356. The van der Waals surface area contributed by atoms with Crippen molar-refractivity contribution >= 4 is 38.4 Å². The number of para-hydroxylation sites is 1. The van der Waals surface area contributed by atoms with Gasteiger partial charge in [-0.05, 0) is 74.4 Å². The van der Waals surface area contributed by atoms with E-state index in [1.54, 1.807) is 76.7 Å². The van der Waals surface area contributed by atoms with Gasteiger partial charge >= 0.3 is 0 Å². The van der Waals surface area contributed by atoms with Crippen LogP contribution in [0.3, 0.4) is 0 Å². The molecule has 0 saturated carbocycles. The molecule has 0 atom stereocenters. The standard InChI is InChI=1S/C31H31FN4O4S/c1-31(2,24-11-13-25(32)14-12-24)30(38)36-19-5-18-35(20-21-36)29(37)23-9-15-26(16-10-23)34-41(39,40)27-8-3-6-22-7-4-17-33-28(22)27/h3-4,6-17,34H,5,18-21H2,1-2H3. The maximum Gasteiger partial charge on any atom is 0.264 e. The summed E-state index contributed by atoms with van der Waals surface area (Å²) >= 11 is 0. The molecule has 5 rings (SSSR count). The van der Waals surface area contributed by atoms with Crippen LogP contribution in [0.5, 0.6) is 0 Å². The second-order valence-corrected chi connectivity index (χ2v) is 12.2. The molecular formula is C31H31FN4O4S. The van der Waals surface area contributed by atoms with Crippen LogP contribution in [0.1, 0.15) is 36.2 Å². The topological polar surface area (TPSA) is 99.7 Å². The van der Waals surface area contributed by atoms with E-state index in [1.807, 2.05) is 13.8 Å². The summed E-state index contributed by atoms with van der Waals surface area (Å²) < 4.78 is 42.2. The lowest BCUT2D eigenvalue weighted by molar-refractivity contribution is -0.136. The molecule has 4 aromatic rings. The van der Waals surface area contributed by atoms with Crippen LogP contribution < -0.4 is 4.72 Å². The molecule has 41 heavy (non-hydrogen) atoms. The van der Waals surface area contributed by atoms with Gasteiger partial charge in [-0.3, -0.25) is 19.3 Å². The Balaban J connectivity index is 1.24. The molecule has 2 amide bonds. The minimum Gasteiger partial charge on any atom is -0.340 e. The number of carbonyl (C=O) groups is 2. The maximum absolute atomic E-state index is 13.4. The highest BCUT2D eigenvalue weighted by atomic mass is 32.2. The first-order valence-corrected chi connectivity index (χ1v) is 14.9. The molecule has 0 radical (unpaired) electrons. The zero-order chi connectivity index (χ0) is 29.2. The second-order valence-electron chi connectivity index (χ2n) is 10.6. The molecule has 1 fully saturated rings. The number of pyridine rings is 1. The number of amides is 2. The number of benzene rings is 3. The monoisotopic (exact) mass is 574 g/mol. The Bertz CT molecular complexity index is 1680. The molecule has 0 unspecified atom stereocenters. The molecule has 3 aromatic carbocycles. The number of nitrogens with one attached hydrogen (secondary N) is 1. The van der Waals surface area contributed by atoms with E-state index >= 15 is 0 Å². The average molecular weight is 575 g/mol. The lowest BCUT2D eigenvalue weighted by Crippen LogP contribution is -2.45. The Morgan fingerprint density at radius 2 is 1.51 bits per heavy atom. The Morgan fingerprint density at radius 3 is 2.24 bits per heavy atom. The summed E-state index contributed by atoms with van der Waals surface area (Å²) in [5.41, 5.74) is 1.02. The van der Waals surface area contributed by atoms with Gasteiger partial charge in [0, 0.05) is 49.0 Å². The molecule has 0 bridgehead atoms. The lowest BCUT2D eigenvalue weighted by atomic mass is 9.83. The largest absolute Gasteiger partial charge is 0.340 e. The van der Waals surface area contributed by atoms with Gasteiger partial charge in [0.15, 0.2) is 0 Å². The molecule has 0 aliphatic carbocycles. The van der Waals surface area contributed by atoms with Crippen LogP contribution >= 0.6 is 0 Å². The van der Waals surface area contributed by atoms with Crippen molar-refractivity contribution in [3.05, 3.63) is 102 Å². The van der Waals surface area contributed by atoms with Crippen molar-refractivity contribution in [1.82, 2.24) is 14.8 Å². The van der Waals surface area contributed by atoms with Crippen molar-refractivity contribution in [2.75, 3.05) is 30.9 Å². The third-order valence-electron chi connectivity index (χ3n) is 7.44. The van der Waals surface area contributed by atoms with Crippen molar-refractivity contribution in [1.29, 1.82) is 0 Å². The van der Waals surface area contributed by atoms with E-state index in [1.165, 1.54) is 18.2 Å². The van der Waals surface area contributed by atoms with E-state index in [0.29, 0.717) is 54.8 Å². The van der Waals surface area contributed by atoms with Gasteiger partial charge in [0.1, 0.15) is 10.7 Å². The Labute approximate surface area is 238 Å². The summed E-state index contributed by atoms with van der Waals surface area (Å²) in [6.07, 6.45) is 2.17. The first-order chi connectivity index (χ1) is 19.6. The highest BCUT2D eigenvalue weighted by molar-refractivity contribution is 7.93. The first-order valence-electron chi connectivity index (χ1n) is 13.4. The predicted octanol–water partition coefficient (Wildman–Crippen LogP) is 4.83. The number of sulfonamides is 1. The van der Waals surface area contributed by atoms with Crippen LogP contribution in [0, 0.1) is 5.82 Å². The highest BCUT2D eigenvalue weighted by Gasteiger charge is 2.35. The van der Waals surface area contributed by atoms with Crippen LogP contribution in [0.2, 0.25) is 0 Å². The van der Waals surface area contributed by atoms with Crippen molar-refractivity contribution in [2.24, 2.45) is 0 Å². The molecule has 2 heterocycles. The Morgan fingerprint density at radius 1 is 0.854 bits per heavy atom.